The monoisotopic (exact) mass is 649 g/mol. The van der Waals surface area contributed by atoms with Gasteiger partial charge in [0.2, 0.25) is 0 Å². The minimum absolute atomic E-state index is 0.0539. The first kappa shape index (κ1) is 33.4. The molecule has 0 amide bonds. The van der Waals surface area contributed by atoms with E-state index in [0.717, 1.165) is 36.5 Å². The van der Waals surface area contributed by atoms with Gasteiger partial charge < -0.3 is 19.5 Å². The SMILES string of the molecule is COc1ccc2ncc(CN3CCOCC3)c([C@@H](F)CCC3(CC(=O)O)CCN(CCSc4cc(F)cc(F)c4F)CC3)c2c1. The number of nitrogens with zero attached hydrogens (tertiary/aromatic N) is 3. The number of methoxy groups -OCH3 is 1. The molecule has 0 unspecified atom stereocenters. The number of carboxylic acids is 1. The summed E-state index contributed by atoms with van der Waals surface area (Å²) in [4.78, 5) is 20.9. The molecule has 2 saturated heterocycles. The average Bonchev–Trinajstić information content (AvgIpc) is 3.03. The molecule has 1 aromatic heterocycles. The lowest BCUT2D eigenvalue weighted by Crippen LogP contribution is -2.42. The molecule has 2 aromatic carbocycles. The van der Waals surface area contributed by atoms with Gasteiger partial charge in [0.15, 0.2) is 11.6 Å². The maximum Gasteiger partial charge on any atom is 0.303 e. The number of hydrogen-bond donors (Lipinski definition) is 1. The highest BCUT2D eigenvalue weighted by Gasteiger charge is 2.37. The lowest BCUT2D eigenvalue weighted by molar-refractivity contribution is -0.141. The number of carbonyl (C=O) groups is 1. The van der Waals surface area contributed by atoms with Crippen LogP contribution in [0.3, 0.4) is 0 Å². The van der Waals surface area contributed by atoms with Gasteiger partial charge >= 0.3 is 5.97 Å². The van der Waals surface area contributed by atoms with Crippen LogP contribution in [-0.2, 0) is 16.1 Å². The van der Waals surface area contributed by atoms with Gasteiger partial charge in [-0.15, -0.1) is 11.8 Å². The number of pyridine rings is 1. The van der Waals surface area contributed by atoms with Gasteiger partial charge in [-0.05, 0) is 74.0 Å². The second kappa shape index (κ2) is 15.1. The van der Waals surface area contributed by atoms with Crippen LogP contribution in [0.15, 0.2) is 41.4 Å². The standard InChI is InChI=1S/C33H39F4N3O4S/c1-43-24-2-3-28-25(18-24)31(22(20-38-28)21-40-10-13-44-14-11-40)26(35)4-5-33(19-30(41)42)6-8-39(9-7-33)12-15-45-29-17-23(34)16-27(36)32(29)37/h2-3,16-18,20,26H,4-15,19,21H2,1H3,(H,41,42)/t26-/m0/s1. The predicted octanol–water partition coefficient (Wildman–Crippen LogP) is 6.63. The van der Waals surface area contributed by atoms with Crippen molar-refractivity contribution in [3.05, 3.63) is 65.1 Å². The number of alkyl halides is 1. The predicted molar refractivity (Wildman–Crippen MR) is 165 cm³/mol. The molecule has 0 radical (unpaired) electrons. The quantitative estimate of drug-likeness (QED) is 0.126. The first-order chi connectivity index (χ1) is 21.7. The second-order valence-corrected chi connectivity index (χ2v) is 13.1. The third-order valence-corrected chi connectivity index (χ3v) is 10.0. The number of benzene rings is 2. The lowest BCUT2D eigenvalue weighted by Gasteiger charge is -2.41. The van der Waals surface area contributed by atoms with Crippen molar-refractivity contribution in [2.45, 2.75) is 49.7 Å². The number of halogens is 4. The normalized spacial score (nSPS) is 18.2. The van der Waals surface area contributed by atoms with E-state index in [0.29, 0.717) is 92.7 Å². The van der Waals surface area contributed by atoms with Gasteiger partial charge in [0.25, 0.3) is 0 Å². The van der Waals surface area contributed by atoms with Crippen molar-refractivity contribution in [1.82, 2.24) is 14.8 Å². The van der Waals surface area contributed by atoms with Crippen LogP contribution in [0.4, 0.5) is 17.6 Å². The van der Waals surface area contributed by atoms with E-state index in [2.05, 4.69) is 14.8 Å². The highest BCUT2D eigenvalue weighted by molar-refractivity contribution is 7.99. The Morgan fingerprint density at radius 3 is 2.58 bits per heavy atom. The molecule has 0 aliphatic carbocycles. The molecular formula is C33H39F4N3O4S. The van der Waals surface area contributed by atoms with Crippen LogP contribution >= 0.6 is 11.8 Å². The Morgan fingerprint density at radius 1 is 1.11 bits per heavy atom. The van der Waals surface area contributed by atoms with Gasteiger partial charge in [0.1, 0.15) is 17.7 Å². The summed E-state index contributed by atoms with van der Waals surface area (Å²) < 4.78 is 68.6. The lowest BCUT2D eigenvalue weighted by atomic mass is 9.71. The molecule has 1 N–H and O–H groups in total. The van der Waals surface area contributed by atoms with Gasteiger partial charge in [-0.25, -0.2) is 17.6 Å². The van der Waals surface area contributed by atoms with Crippen LogP contribution in [0.25, 0.3) is 10.9 Å². The summed E-state index contributed by atoms with van der Waals surface area (Å²) in [7, 11) is 1.57. The second-order valence-electron chi connectivity index (χ2n) is 11.9. The Labute approximate surface area is 264 Å². The van der Waals surface area contributed by atoms with E-state index in [4.69, 9.17) is 9.47 Å². The number of aliphatic carboxylic acids is 1. The molecule has 0 bridgehead atoms. The van der Waals surface area contributed by atoms with Crippen LogP contribution in [0.1, 0.15) is 49.4 Å². The molecule has 5 rings (SSSR count). The molecule has 2 fully saturated rings. The average molecular weight is 650 g/mol. The number of rotatable bonds is 13. The molecule has 1 atom stereocenters. The number of thioether (sulfide) groups is 1. The first-order valence-corrected chi connectivity index (χ1v) is 16.3. The Balaban J connectivity index is 1.27. The Hall–Kier alpha value is -2.93. The van der Waals surface area contributed by atoms with Gasteiger partial charge in [-0.1, -0.05) is 0 Å². The van der Waals surface area contributed by atoms with Crippen molar-refractivity contribution in [2.75, 3.05) is 58.8 Å². The Bertz CT molecular complexity index is 1480. The molecular weight excluding hydrogens is 610 g/mol. The number of carboxylic acid groups (broad SMARTS) is 1. The van der Waals surface area contributed by atoms with E-state index < -0.39 is 35.0 Å². The van der Waals surface area contributed by atoms with E-state index >= 15 is 4.39 Å². The summed E-state index contributed by atoms with van der Waals surface area (Å²) >= 11 is 1.04. The molecule has 2 aliphatic heterocycles. The Kier molecular flexibility index (Phi) is 11.2. The number of hydrogen-bond acceptors (Lipinski definition) is 7. The fourth-order valence-electron chi connectivity index (χ4n) is 6.44. The van der Waals surface area contributed by atoms with E-state index in [1.54, 1.807) is 19.4 Å². The molecule has 45 heavy (non-hydrogen) atoms. The summed E-state index contributed by atoms with van der Waals surface area (Å²) in [6, 6.07) is 6.95. The van der Waals surface area contributed by atoms with Crippen molar-refractivity contribution in [3.63, 3.8) is 0 Å². The summed E-state index contributed by atoms with van der Waals surface area (Å²) in [6.45, 7) is 5.03. The van der Waals surface area contributed by atoms with Crippen LogP contribution in [0.2, 0.25) is 0 Å². The van der Waals surface area contributed by atoms with Crippen LogP contribution in [0.5, 0.6) is 5.75 Å². The number of morpholine rings is 1. The number of likely N-dealkylation sites (tertiary alicyclic amines) is 1. The number of piperidine rings is 1. The molecule has 244 valence electrons. The molecule has 2 aliphatic rings. The highest BCUT2D eigenvalue weighted by Crippen LogP contribution is 2.43. The third-order valence-electron chi connectivity index (χ3n) is 9.01. The molecule has 0 saturated carbocycles. The van der Waals surface area contributed by atoms with Gasteiger partial charge in [0.05, 0.1) is 32.3 Å². The first-order valence-electron chi connectivity index (χ1n) is 15.3. The maximum absolute atomic E-state index is 16.5. The van der Waals surface area contributed by atoms with E-state index in [9.17, 15) is 23.1 Å². The van der Waals surface area contributed by atoms with Crippen molar-refractivity contribution < 1.29 is 36.9 Å². The number of aromatic nitrogens is 1. The smallest absolute Gasteiger partial charge is 0.303 e. The molecule has 3 heterocycles. The van der Waals surface area contributed by atoms with E-state index in [1.165, 1.54) is 0 Å². The number of fused-ring (bicyclic) bond motifs is 1. The van der Waals surface area contributed by atoms with Crippen LogP contribution in [0, 0.1) is 22.9 Å². The zero-order chi connectivity index (χ0) is 32.0. The van der Waals surface area contributed by atoms with Crippen molar-refractivity contribution in [2.24, 2.45) is 5.41 Å². The van der Waals surface area contributed by atoms with Gasteiger partial charge in [0, 0.05) is 60.0 Å². The summed E-state index contributed by atoms with van der Waals surface area (Å²) in [6.07, 6.45) is 2.08. The highest BCUT2D eigenvalue weighted by atomic mass is 32.2. The fourth-order valence-corrected chi connectivity index (χ4v) is 7.43. The summed E-state index contributed by atoms with van der Waals surface area (Å²) in [5.41, 5.74) is 1.49. The minimum Gasteiger partial charge on any atom is -0.497 e. The summed E-state index contributed by atoms with van der Waals surface area (Å²) in [5.74, 6) is -2.99. The number of ether oxygens (including phenoxy) is 2. The third kappa shape index (κ3) is 8.46. The van der Waals surface area contributed by atoms with Gasteiger partial charge in [-0.2, -0.15) is 0 Å². The van der Waals surface area contributed by atoms with Crippen molar-refractivity contribution in [3.8, 4) is 5.75 Å². The maximum atomic E-state index is 16.5. The summed E-state index contributed by atoms with van der Waals surface area (Å²) in [5, 5.41) is 10.5. The van der Waals surface area contributed by atoms with Gasteiger partial charge in [-0.3, -0.25) is 14.7 Å². The van der Waals surface area contributed by atoms with Crippen molar-refractivity contribution in [1.29, 1.82) is 0 Å². The molecule has 12 heteroatoms. The zero-order valence-corrected chi connectivity index (χ0v) is 26.2. The van der Waals surface area contributed by atoms with E-state index in [-0.39, 0.29) is 17.7 Å². The fraction of sp³-hybridized carbons (Fsp3) is 0.515. The zero-order valence-electron chi connectivity index (χ0n) is 25.4. The van der Waals surface area contributed by atoms with E-state index in [1.807, 2.05) is 12.1 Å². The van der Waals surface area contributed by atoms with Crippen LogP contribution < -0.4 is 4.74 Å². The molecule has 3 aromatic rings. The Morgan fingerprint density at radius 2 is 1.87 bits per heavy atom. The topological polar surface area (TPSA) is 75.1 Å². The molecule has 7 nitrogen and oxygen atoms in total. The van der Waals surface area contributed by atoms with Crippen molar-refractivity contribution >= 4 is 28.6 Å². The van der Waals surface area contributed by atoms with Crippen LogP contribution in [-0.4, -0.2) is 84.7 Å². The largest absolute Gasteiger partial charge is 0.497 e. The molecule has 0 spiro atoms. The minimum atomic E-state index is -1.33.